The summed E-state index contributed by atoms with van der Waals surface area (Å²) in [7, 11) is 0. The second-order valence-electron chi connectivity index (χ2n) is 4.51. The highest BCUT2D eigenvalue weighted by Crippen LogP contribution is 2.13. The van der Waals surface area contributed by atoms with Crippen molar-refractivity contribution >= 4 is 17.7 Å². The second-order valence-corrected chi connectivity index (χ2v) is 5.66. The highest BCUT2D eigenvalue weighted by molar-refractivity contribution is 7.99. The van der Waals surface area contributed by atoms with Crippen molar-refractivity contribution in [1.82, 2.24) is 15.6 Å². The van der Waals surface area contributed by atoms with Crippen LogP contribution in [-0.4, -0.2) is 35.0 Å². The number of thioether (sulfide) groups is 1. The molecular weight excluding hydrogens is 246 g/mol. The van der Waals surface area contributed by atoms with E-state index in [-0.39, 0.29) is 11.9 Å². The SMILES string of the molecule is C[C@@H](NC(=O)CC1CSCCN1)c1cccnc1. The van der Waals surface area contributed by atoms with E-state index >= 15 is 0 Å². The number of nitrogens with zero attached hydrogens (tertiary/aromatic N) is 1. The summed E-state index contributed by atoms with van der Waals surface area (Å²) in [5, 5.41) is 6.38. The van der Waals surface area contributed by atoms with Gasteiger partial charge in [0.15, 0.2) is 0 Å². The van der Waals surface area contributed by atoms with Gasteiger partial charge in [0.25, 0.3) is 0 Å². The van der Waals surface area contributed by atoms with E-state index in [4.69, 9.17) is 0 Å². The van der Waals surface area contributed by atoms with Crippen LogP contribution in [0.25, 0.3) is 0 Å². The van der Waals surface area contributed by atoms with Crippen molar-refractivity contribution < 1.29 is 4.79 Å². The summed E-state index contributed by atoms with van der Waals surface area (Å²) in [5.74, 6) is 2.27. The average Bonchev–Trinajstić information content (AvgIpc) is 2.40. The molecule has 2 rings (SSSR count). The van der Waals surface area contributed by atoms with Crippen molar-refractivity contribution in [2.75, 3.05) is 18.1 Å². The Kier molecular flexibility index (Phi) is 5.01. The van der Waals surface area contributed by atoms with Gasteiger partial charge in [-0.1, -0.05) is 6.07 Å². The molecule has 1 aromatic heterocycles. The van der Waals surface area contributed by atoms with Crippen molar-refractivity contribution in [3.05, 3.63) is 30.1 Å². The topological polar surface area (TPSA) is 54.0 Å². The first-order valence-corrected chi connectivity index (χ1v) is 7.41. The van der Waals surface area contributed by atoms with Crippen LogP contribution in [0, 0.1) is 0 Å². The highest BCUT2D eigenvalue weighted by Gasteiger charge is 2.18. The van der Waals surface area contributed by atoms with Gasteiger partial charge in [-0.2, -0.15) is 11.8 Å². The number of carbonyl (C=O) groups is 1. The molecule has 18 heavy (non-hydrogen) atoms. The largest absolute Gasteiger partial charge is 0.349 e. The van der Waals surface area contributed by atoms with Crippen LogP contribution in [0.5, 0.6) is 0 Å². The summed E-state index contributed by atoms with van der Waals surface area (Å²) >= 11 is 1.91. The van der Waals surface area contributed by atoms with Crippen LogP contribution in [0.3, 0.4) is 0 Å². The molecule has 0 radical (unpaired) electrons. The Labute approximate surface area is 112 Å². The molecule has 2 atom stereocenters. The first-order valence-electron chi connectivity index (χ1n) is 6.26. The van der Waals surface area contributed by atoms with Crippen LogP contribution in [-0.2, 0) is 4.79 Å². The molecule has 0 saturated carbocycles. The van der Waals surface area contributed by atoms with Crippen LogP contribution in [0.15, 0.2) is 24.5 Å². The Balaban J connectivity index is 1.80. The quantitative estimate of drug-likeness (QED) is 0.863. The van der Waals surface area contributed by atoms with Gasteiger partial charge in [-0.25, -0.2) is 0 Å². The molecule has 2 N–H and O–H groups in total. The van der Waals surface area contributed by atoms with Gasteiger partial charge in [0, 0.05) is 42.9 Å². The minimum absolute atomic E-state index is 0.0162. The van der Waals surface area contributed by atoms with Gasteiger partial charge in [-0.15, -0.1) is 0 Å². The Bertz CT molecular complexity index is 379. The predicted octanol–water partition coefficient (Wildman–Crippen LogP) is 1.35. The molecule has 1 aliphatic rings. The zero-order chi connectivity index (χ0) is 12.8. The Morgan fingerprint density at radius 1 is 1.72 bits per heavy atom. The molecule has 98 valence electrons. The molecule has 0 spiro atoms. The van der Waals surface area contributed by atoms with Crippen molar-refractivity contribution in [2.45, 2.75) is 25.4 Å². The fraction of sp³-hybridized carbons (Fsp3) is 0.538. The molecule has 1 fully saturated rings. The molecule has 1 aromatic rings. The van der Waals surface area contributed by atoms with E-state index in [2.05, 4.69) is 15.6 Å². The maximum Gasteiger partial charge on any atom is 0.222 e. The number of rotatable bonds is 4. The monoisotopic (exact) mass is 265 g/mol. The van der Waals surface area contributed by atoms with Gasteiger partial charge < -0.3 is 10.6 Å². The molecule has 1 unspecified atom stereocenters. The molecule has 1 amide bonds. The third kappa shape index (κ3) is 3.99. The van der Waals surface area contributed by atoms with Crippen molar-refractivity contribution in [1.29, 1.82) is 0 Å². The first-order chi connectivity index (χ1) is 8.75. The third-order valence-electron chi connectivity index (χ3n) is 2.99. The Morgan fingerprint density at radius 3 is 3.28 bits per heavy atom. The lowest BCUT2D eigenvalue weighted by atomic mass is 10.1. The lowest BCUT2D eigenvalue weighted by molar-refractivity contribution is -0.122. The van der Waals surface area contributed by atoms with Crippen molar-refractivity contribution in [3.63, 3.8) is 0 Å². The van der Waals surface area contributed by atoms with Gasteiger partial charge in [0.1, 0.15) is 0 Å². The molecule has 5 heteroatoms. The summed E-state index contributed by atoms with van der Waals surface area (Å²) < 4.78 is 0. The summed E-state index contributed by atoms with van der Waals surface area (Å²) in [5.41, 5.74) is 1.04. The number of pyridine rings is 1. The smallest absolute Gasteiger partial charge is 0.222 e. The van der Waals surface area contributed by atoms with Gasteiger partial charge in [-0.3, -0.25) is 9.78 Å². The van der Waals surface area contributed by atoms with Crippen LogP contribution < -0.4 is 10.6 Å². The molecule has 1 saturated heterocycles. The van der Waals surface area contributed by atoms with Crippen LogP contribution in [0.2, 0.25) is 0 Å². The molecule has 0 aliphatic carbocycles. The standard InChI is InChI=1S/C13H19N3OS/c1-10(11-3-2-4-14-8-11)16-13(17)7-12-9-18-6-5-15-12/h2-4,8,10,12,15H,5-7,9H2,1H3,(H,16,17)/t10-,12?/m1/s1. The first kappa shape index (κ1) is 13.4. The number of nitrogens with one attached hydrogen (secondary N) is 2. The Morgan fingerprint density at radius 2 is 2.61 bits per heavy atom. The third-order valence-corrected chi connectivity index (χ3v) is 4.12. The van der Waals surface area contributed by atoms with E-state index in [1.807, 2.05) is 30.8 Å². The van der Waals surface area contributed by atoms with Gasteiger partial charge in [0.2, 0.25) is 5.91 Å². The van der Waals surface area contributed by atoms with E-state index < -0.39 is 0 Å². The fourth-order valence-electron chi connectivity index (χ4n) is 1.99. The predicted molar refractivity (Wildman–Crippen MR) is 74.5 cm³/mol. The van der Waals surface area contributed by atoms with E-state index in [1.165, 1.54) is 0 Å². The summed E-state index contributed by atoms with van der Waals surface area (Å²) in [6.45, 7) is 2.98. The molecule has 4 nitrogen and oxygen atoms in total. The van der Waals surface area contributed by atoms with E-state index in [1.54, 1.807) is 12.4 Å². The van der Waals surface area contributed by atoms with Crippen molar-refractivity contribution in [2.24, 2.45) is 0 Å². The molecular formula is C13H19N3OS. The maximum absolute atomic E-state index is 11.9. The summed E-state index contributed by atoms with van der Waals surface area (Å²) in [4.78, 5) is 16.0. The van der Waals surface area contributed by atoms with Gasteiger partial charge in [0.05, 0.1) is 6.04 Å². The van der Waals surface area contributed by atoms with E-state index in [0.29, 0.717) is 12.5 Å². The summed E-state index contributed by atoms with van der Waals surface area (Å²) in [6.07, 6.45) is 4.08. The fourth-order valence-corrected chi connectivity index (χ4v) is 2.94. The number of hydrogen-bond donors (Lipinski definition) is 2. The van der Waals surface area contributed by atoms with Crippen LogP contribution >= 0.6 is 11.8 Å². The highest BCUT2D eigenvalue weighted by atomic mass is 32.2. The number of aromatic nitrogens is 1. The number of hydrogen-bond acceptors (Lipinski definition) is 4. The van der Waals surface area contributed by atoms with E-state index in [0.717, 1.165) is 23.6 Å². The summed E-state index contributed by atoms with van der Waals surface area (Å²) in [6, 6.07) is 4.19. The van der Waals surface area contributed by atoms with E-state index in [9.17, 15) is 4.79 Å². The average molecular weight is 265 g/mol. The van der Waals surface area contributed by atoms with Gasteiger partial charge in [-0.05, 0) is 18.6 Å². The lowest BCUT2D eigenvalue weighted by Gasteiger charge is -2.23. The number of amides is 1. The minimum atomic E-state index is 0.0162. The van der Waals surface area contributed by atoms with Crippen molar-refractivity contribution in [3.8, 4) is 0 Å². The maximum atomic E-state index is 11.9. The zero-order valence-corrected chi connectivity index (χ0v) is 11.4. The van der Waals surface area contributed by atoms with Crippen LogP contribution in [0.4, 0.5) is 0 Å². The Hall–Kier alpha value is -1.07. The number of carbonyl (C=O) groups excluding carboxylic acids is 1. The molecule has 1 aliphatic heterocycles. The zero-order valence-electron chi connectivity index (χ0n) is 10.6. The normalized spacial score (nSPS) is 21.3. The molecule has 0 bridgehead atoms. The minimum Gasteiger partial charge on any atom is -0.349 e. The van der Waals surface area contributed by atoms with Gasteiger partial charge >= 0.3 is 0 Å². The lowest BCUT2D eigenvalue weighted by Crippen LogP contribution is -2.41. The second kappa shape index (κ2) is 6.75. The molecule has 0 aromatic carbocycles. The molecule has 2 heterocycles. The van der Waals surface area contributed by atoms with Crippen LogP contribution in [0.1, 0.15) is 24.9 Å².